The Kier molecular flexibility index (Phi) is 7.48. The number of benzene rings is 3. The molecule has 0 bridgehead atoms. The largest absolute Gasteiger partial charge is 0.495 e. The van der Waals surface area contributed by atoms with E-state index in [4.69, 9.17) is 21.1 Å². The van der Waals surface area contributed by atoms with Crippen LogP contribution in [-0.4, -0.2) is 33.1 Å². The average Bonchev–Trinajstić information content (AvgIpc) is 3.21. The molecule has 0 saturated carbocycles. The first-order chi connectivity index (χ1) is 17.3. The Bertz CT molecular complexity index is 1620. The Morgan fingerprint density at radius 2 is 1.81 bits per heavy atom. The van der Waals surface area contributed by atoms with Crippen molar-refractivity contribution in [2.45, 2.75) is 11.4 Å². The molecule has 0 spiro atoms. The van der Waals surface area contributed by atoms with Crippen LogP contribution in [0.2, 0.25) is 5.02 Å². The van der Waals surface area contributed by atoms with Gasteiger partial charge in [0.15, 0.2) is 4.80 Å². The summed E-state index contributed by atoms with van der Waals surface area (Å²) in [5.41, 5.74) is 1.18. The Labute approximate surface area is 217 Å². The average molecular weight is 544 g/mol. The lowest BCUT2D eigenvalue weighted by Gasteiger charge is -2.09. The van der Waals surface area contributed by atoms with E-state index in [1.807, 2.05) is 4.57 Å². The number of carbonyl (C=O) groups excluding carboxylic acids is 1. The van der Waals surface area contributed by atoms with E-state index in [9.17, 15) is 13.2 Å². The lowest BCUT2D eigenvalue weighted by Crippen LogP contribution is -2.17. The van der Waals surface area contributed by atoms with E-state index >= 15 is 0 Å². The molecular weight excluding hydrogens is 522 g/mol. The van der Waals surface area contributed by atoms with E-state index in [1.54, 1.807) is 50.6 Å². The number of rotatable bonds is 8. The standard InChI is InChI=1S/C25H22ClN3O5S2/c1-4-14-29-22-20(33-2)12-13-21(34-3)23(22)35-25(29)27-24(30)16-6-5-7-18(15-16)28-36(31,32)19-10-8-17(26)9-11-19/h4-13,15,28H,1,14H2,2-3H3. The summed E-state index contributed by atoms with van der Waals surface area (Å²) < 4.78 is 41.5. The highest BCUT2D eigenvalue weighted by molar-refractivity contribution is 7.92. The summed E-state index contributed by atoms with van der Waals surface area (Å²) >= 11 is 7.13. The van der Waals surface area contributed by atoms with Crippen LogP contribution < -0.4 is 19.0 Å². The number of hydrogen-bond donors (Lipinski definition) is 1. The van der Waals surface area contributed by atoms with Crippen LogP contribution in [0.5, 0.6) is 11.5 Å². The molecule has 11 heteroatoms. The number of fused-ring (bicyclic) bond motifs is 1. The zero-order chi connectivity index (χ0) is 25.9. The number of carbonyl (C=O) groups is 1. The first-order valence-corrected chi connectivity index (χ1v) is 13.3. The summed E-state index contributed by atoms with van der Waals surface area (Å²) in [5.74, 6) is 0.697. The molecule has 1 aromatic heterocycles. The SMILES string of the molecule is C=CCn1c(=NC(=O)c2cccc(NS(=O)(=O)c3ccc(Cl)cc3)c2)sc2c(OC)ccc(OC)c21. The third kappa shape index (κ3) is 5.15. The molecule has 3 aromatic carbocycles. The number of amides is 1. The van der Waals surface area contributed by atoms with Crippen molar-refractivity contribution in [1.29, 1.82) is 0 Å². The van der Waals surface area contributed by atoms with Gasteiger partial charge in [0, 0.05) is 22.8 Å². The maximum Gasteiger partial charge on any atom is 0.279 e. The van der Waals surface area contributed by atoms with Gasteiger partial charge in [0.1, 0.15) is 21.7 Å². The summed E-state index contributed by atoms with van der Waals surface area (Å²) in [4.78, 5) is 17.9. The number of halogens is 1. The molecule has 0 aliphatic carbocycles. The Hall–Kier alpha value is -3.60. The van der Waals surface area contributed by atoms with Gasteiger partial charge >= 0.3 is 0 Å². The van der Waals surface area contributed by atoms with E-state index in [0.717, 1.165) is 10.2 Å². The van der Waals surface area contributed by atoms with Crippen molar-refractivity contribution in [3.05, 3.63) is 88.7 Å². The van der Waals surface area contributed by atoms with Crippen LogP contribution in [-0.2, 0) is 16.6 Å². The van der Waals surface area contributed by atoms with Gasteiger partial charge in [-0.1, -0.05) is 35.1 Å². The van der Waals surface area contributed by atoms with Gasteiger partial charge in [-0.15, -0.1) is 6.58 Å². The third-order valence-electron chi connectivity index (χ3n) is 5.19. The van der Waals surface area contributed by atoms with Crippen LogP contribution in [0.4, 0.5) is 5.69 Å². The summed E-state index contributed by atoms with van der Waals surface area (Å²) in [6, 6.07) is 15.5. The molecule has 8 nitrogen and oxygen atoms in total. The van der Waals surface area contributed by atoms with Gasteiger partial charge in [0.05, 0.1) is 19.1 Å². The number of anilines is 1. The molecule has 4 rings (SSSR count). The first-order valence-electron chi connectivity index (χ1n) is 10.6. The quantitative estimate of drug-likeness (QED) is 0.312. The third-order valence-corrected chi connectivity index (χ3v) is 7.93. The second-order valence-corrected chi connectivity index (χ2v) is 10.6. The summed E-state index contributed by atoms with van der Waals surface area (Å²) in [5, 5.41) is 0.424. The molecule has 0 aliphatic heterocycles. The van der Waals surface area contributed by atoms with E-state index in [1.165, 1.54) is 41.7 Å². The predicted octanol–water partition coefficient (Wildman–Crippen LogP) is 5.10. The van der Waals surface area contributed by atoms with Crippen molar-refractivity contribution < 1.29 is 22.7 Å². The highest BCUT2D eigenvalue weighted by Gasteiger charge is 2.18. The lowest BCUT2D eigenvalue weighted by atomic mass is 10.2. The highest BCUT2D eigenvalue weighted by atomic mass is 35.5. The number of hydrogen-bond acceptors (Lipinski definition) is 6. The van der Waals surface area contributed by atoms with Gasteiger partial charge in [-0.25, -0.2) is 8.42 Å². The molecule has 0 unspecified atom stereocenters. The molecule has 36 heavy (non-hydrogen) atoms. The maximum atomic E-state index is 13.1. The Morgan fingerprint density at radius 3 is 2.47 bits per heavy atom. The minimum Gasteiger partial charge on any atom is -0.495 e. The van der Waals surface area contributed by atoms with Crippen molar-refractivity contribution in [1.82, 2.24) is 4.57 Å². The molecule has 0 aliphatic rings. The van der Waals surface area contributed by atoms with Crippen LogP contribution in [0.1, 0.15) is 10.4 Å². The number of ether oxygens (including phenoxy) is 2. The molecule has 186 valence electrons. The van der Waals surface area contributed by atoms with Crippen molar-refractivity contribution in [2.75, 3.05) is 18.9 Å². The number of thiazole rings is 1. The molecule has 0 atom stereocenters. The van der Waals surface area contributed by atoms with Crippen LogP contribution in [0.25, 0.3) is 10.2 Å². The molecule has 1 heterocycles. The molecule has 1 N–H and O–H groups in total. The second kappa shape index (κ2) is 10.6. The van der Waals surface area contributed by atoms with Gasteiger partial charge < -0.3 is 14.0 Å². The van der Waals surface area contributed by atoms with Gasteiger partial charge in [0.25, 0.3) is 15.9 Å². The normalized spacial score (nSPS) is 11.9. The summed E-state index contributed by atoms with van der Waals surface area (Å²) in [6.45, 7) is 4.19. The van der Waals surface area contributed by atoms with Crippen LogP contribution in [0, 0.1) is 0 Å². The van der Waals surface area contributed by atoms with Crippen LogP contribution >= 0.6 is 22.9 Å². The Balaban J connectivity index is 1.73. The first kappa shape index (κ1) is 25.5. The summed E-state index contributed by atoms with van der Waals surface area (Å²) in [6.07, 6.45) is 1.70. The molecule has 4 aromatic rings. The van der Waals surface area contributed by atoms with Crippen molar-refractivity contribution in [2.24, 2.45) is 4.99 Å². The number of aromatic nitrogens is 1. The van der Waals surface area contributed by atoms with Crippen molar-refractivity contribution in [3.63, 3.8) is 0 Å². The van der Waals surface area contributed by atoms with E-state index in [0.29, 0.717) is 27.9 Å². The summed E-state index contributed by atoms with van der Waals surface area (Å²) in [7, 11) is -0.738. The fourth-order valence-corrected chi connectivity index (χ4v) is 5.85. The fourth-order valence-electron chi connectivity index (χ4n) is 3.53. The highest BCUT2D eigenvalue weighted by Crippen LogP contribution is 2.35. The number of methoxy groups -OCH3 is 2. The number of allylic oxidation sites excluding steroid dienone is 1. The zero-order valence-corrected chi connectivity index (χ0v) is 21.8. The van der Waals surface area contributed by atoms with E-state index in [2.05, 4.69) is 16.3 Å². The molecule has 0 saturated heterocycles. The van der Waals surface area contributed by atoms with Gasteiger partial charge in [-0.3, -0.25) is 9.52 Å². The van der Waals surface area contributed by atoms with E-state index < -0.39 is 15.9 Å². The minimum atomic E-state index is -3.87. The smallest absolute Gasteiger partial charge is 0.279 e. The Morgan fingerprint density at radius 1 is 1.11 bits per heavy atom. The monoisotopic (exact) mass is 543 g/mol. The number of nitrogens with zero attached hydrogens (tertiary/aromatic N) is 2. The van der Waals surface area contributed by atoms with Gasteiger partial charge in [-0.2, -0.15) is 4.99 Å². The van der Waals surface area contributed by atoms with Crippen molar-refractivity contribution >= 4 is 54.8 Å². The van der Waals surface area contributed by atoms with Gasteiger partial charge in [0.2, 0.25) is 0 Å². The number of sulfonamides is 1. The van der Waals surface area contributed by atoms with Crippen LogP contribution in [0.15, 0.2) is 83.2 Å². The minimum absolute atomic E-state index is 0.0481. The molecule has 0 fully saturated rings. The molecule has 1 amide bonds. The van der Waals surface area contributed by atoms with Crippen LogP contribution in [0.3, 0.4) is 0 Å². The van der Waals surface area contributed by atoms with Crippen molar-refractivity contribution in [3.8, 4) is 11.5 Å². The zero-order valence-electron chi connectivity index (χ0n) is 19.4. The fraction of sp³-hybridized carbons (Fsp3) is 0.120. The molecular formula is C25H22ClN3O5S2. The van der Waals surface area contributed by atoms with E-state index in [-0.39, 0.29) is 16.1 Å². The topological polar surface area (TPSA) is 99.0 Å². The number of nitrogens with one attached hydrogen (secondary N) is 1. The maximum absolute atomic E-state index is 13.1. The van der Waals surface area contributed by atoms with Gasteiger partial charge in [-0.05, 0) is 54.6 Å². The predicted molar refractivity (Wildman–Crippen MR) is 142 cm³/mol. The molecule has 0 radical (unpaired) electrons. The second-order valence-electron chi connectivity index (χ2n) is 7.49. The lowest BCUT2D eigenvalue weighted by molar-refractivity contribution is 0.0998.